The van der Waals surface area contributed by atoms with E-state index in [9.17, 15) is 9.90 Å². The fourth-order valence-corrected chi connectivity index (χ4v) is 4.15. The molecule has 0 bridgehead atoms. The lowest BCUT2D eigenvalue weighted by molar-refractivity contribution is 0.0856. The summed E-state index contributed by atoms with van der Waals surface area (Å²) in [7, 11) is 0. The number of aliphatic hydroxyl groups is 1. The third kappa shape index (κ3) is 3.30. The average molecular weight is 343 g/mol. The zero-order chi connectivity index (χ0) is 18.2. The lowest BCUT2D eigenvalue weighted by Gasteiger charge is -2.38. The summed E-state index contributed by atoms with van der Waals surface area (Å²) in [5.41, 5.74) is 5.46. The van der Waals surface area contributed by atoms with E-state index in [0.717, 1.165) is 53.6 Å². The number of carbonyl (C=O) groups is 1. The minimum absolute atomic E-state index is 0.0533. The van der Waals surface area contributed by atoms with Crippen LogP contribution in [0.15, 0.2) is 6.08 Å². The highest BCUT2D eigenvalue weighted by Gasteiger charge is 2.38. The van der Waals surface area contributed by atoms with E-state index in [0.29, 0.717) is 25.2 Å². The van der Waals surface area contributed by atoms with Crippen LogP contribution in [0.3, 0.4) is 0 Å². The van der Waals surface area contributed by atoms with Gasteiger partial charge in [0.2, 0.25) is 0 Å². The first-order valence-corrected chi connectivity index (χ1v) is 9.37. The molecule has 4 nitrogen and oxygen atoms in total. The van der Waals surface area contributed by atoms with Crippen LogP contribution >= 0.6 is 0 Å². The van der Waals surface area contributed by atoms with Crippen LogP contribution in [0.5, 0.6) is 0 Å². The van der Waals surface area contributed by atoms with Gasteiger partial charge in [-0.05, 0) is 41.7 Å². The molecule has 1 aliphatic heterocycles. The molecule has 2 atom stereocenters. The molecule has 2 aliphatic rings. The molecule has 1 aliphatic carbocycles. The van der Waals surface area contributed by atoms with E-state index in [-0.39, 0.29) is 11.3 Å². The molecule has 3 rings (SSSR count). The molecule has 1 aromatic heterocycles. The summed E-state index contributed by atoms with van der Waals surface area (Å²) in [5.74, 6) is 0.164. The first-order valence-electron chi connectivity index (χ1n) is 9.37. The first-order chi connectivity index (χ1) is 11.9. The monoisotopic (exact) mass is 343 g/mol. The number of aldehydes is 1. The van der Waals surface area contributed by atoms with Gasteiger partial charge in [0.25, 0.3) is 0 Å². The molecule has 0 spiro atoms. The van der Waals surface area contributed by atoms with Crippen molar-refractivity contribution in [2.75, 3.05) is 13.2 Å². The predicted molar refractivity (Wildman–Crippen MR) is 98.8 cm³/mol. The molecule has 0 saturated carbocycles. The molecular weight excluding hydrogens is 314 g/mol. The summed E-state index contributed by atoms with van der Waals surface area (Å²) in [5, 5.41) is 11.0. The van der Waals surface area contributed by atoms with Crippen molar-refractivity contribution < 1.29 is 14.6 Å². The predicted octanol–water partition coefficient (Wildman–Crippen LogP) is 4.22. The van der Waals surface area contributed by atoms with Gasteiger partial charge >= 0.3 is 0 Å². The molecule has 0 amide bonds. The summed E-state index contributed by atoms with van der Waals surface area (Å²) >= 11 is 0. The molecule has 0 saturated heterocycles. The van der Waals surface area contributed by atoms with Crippen molar-refractivity contribution in [1.82, 2.24) is 4.98 Å². The van der Waals surface area contributed by atoms with Gasteiger partial charge < -0.3 is 9.84 Å². The number of rotatable bonds is 4. The van der Waals surface area contributed by atoms with Gasteiger partial charge in [-0.15, -0.1) is 0 Å². The zero-order valence-corrected chi connectivity index (χ0v) is 15.8. The van der Waals surface area contributed by atoms with Crippen molar-refractivity contribution in [1.29, 1.82) is 0 Å². The maximum Gasteiger partial charge on any atom is 0.152 e. The molecule has 1 N–H and O–H groups in total. The number of ether oxygens (including phenoxy) is 1. The Morgan fingerprint density at radius 1 is 1.48 bits per heavy atom. The van der Waals surface area contributed by atoms with E-state index < -0.39 is 6.10 Å². The van der Waals surface area contributed by atoms with Crippen molar-refractivity contribution >= 4 is 11.9 Å². The van der Waals surface area contributed by atoms with Crippen LogP contribution in [-0.2, 0) is 11.2 Å². The number of hydrogen-bond donors (Lipinski definition) is 1. The summed E-state index contributed by atoms with van der Waals surface area (Å²) < 4.78 is 5.45. The lowest BCUT2D eigenvalue weighted by Crippen LogP contribution is -2.31. The second kappa shape index (κ2) is 7.00. The number of pyridine rings is 1. The van der Waals surface area contributed by atoms with Crippen LogP contribution in [0.4, 0.5) is 0 Å². The van der Waals surface area contributed by atoms with Crippen LogP contribution in [-0.4, -0.2) is 29.6 Å². The third-order valence-corrected chi connectivity index (χ3v) is 5.80. The van der Waals surface area contributed by atoms with E-state index in [1.165, 1.54) is 0 Å². The summed E-state index contributed by atoms with van der Waals surface area (Å²) in [4.78, 5) is 16.9. The van der Waals surface area contributed by atoms with Crippen molar-refractivity contribution in [3.05, 3.63) is 34.2 Å². The van der Waals surface area contributed by atoms with Gasteiger partial charge in [-0.2, -0.15) is 0 Å². The summed E-state index contributed by atoms with van der Waals surface area (Å²) in [6.07, 6.45) is 5.75. The van der Waals surface area contributed by atoms with E-state index in [4.69, 9.17) is 9.72 Å². The Morgan fingerprint density at radius 2 is 2.24 bits per heavy atom. The van der Waals surface area contributed by atoms with Gasteiger partial charge in [0.05, 0.1) is 25.0 Å². The fourth-order valence-electron chi connectivity index (χ4n) is 4.15. The lowest BCUT2D eigenvalue weighted by atomic mass is 9.69. The van der Waals surface area contributed by atoms with E-state index >= 15 is 0 Å². The largest absolute Gasteiger partial charge is 0.388 e. The Kier molecular flexibility index (Phi) is 5.12. The highest BCUT2D eigenvalue weighted by Crippen LogP contribution is 2.46. The van der Waals surface area contributed by atoms with E-state index in [1.54, 1.807) is 0 Å². The van der Waals surface area contributed by atoms with Crippen LogP contribution < -0.4 is 0 Å². The molecule has 0 aromatic carbocycles. The van der Waals surface area contributed by atoms with Gasteiger partial charge in [-0.3, -0.25) is 9.78 Å². The molecule has 4 heteroatoms. The van der Waals surface area contributed by atoms with Gasteiger partial charge in [0.1, 0.15) is 0 Å². The SMILES string of the molecule is CCC1(C)Cc2nc(C(C)C)c(C=O)c(C3=CCOCC3)c2C(O)C1. The number of fused-ring (bicyclic) bond motifs is 1. The number of nitrogens with zero attached hydrogens (tertiary/aromatic N) is 1. The van der Waals surface area contributed by atoms with E-state index in [2.05, 4.69) is 33.8 Å². The highest BCUT2D eigenvalue weighted by molar-refractivity contribution is 5.89. The summed E-state index contributed by atoms with van der Waals surface area (Å²) in [6.45, 7) is 9.75. The molecule has 0 radical (unpaired) electrons. The smallest absolute Gasteiger partial charge is 0.152 e. The Balaban J connectivity index is 2.28. The van der Waals surface area contributed by atoms with Crippen molar-refractivity contribution in [2.24, 2.45) is 5.41 Å². The first kappa shape index (κ1) is 18.3. The fraction of sp³-hybridized carbons (Fsp3) is 0.619. The Hall–Kier alpha value is -1.52. The number of aromatic nitrogens is 1. The van der Waals surface area contributed by atoms with Crippen molar-refractivity contribution in [3.63, 3.8) is 0 Å². The van der Waals surface area contributed by atoms with Gasteiger partial charge in [0, 0.05) is 16.8 Å². The van der Waals surface area contributed by atoms with Crippen molar-refractivity contribution in [3.8, 4) is 0 Å². The Morgan fingerprint density at radius 3 is 2.80 bits per heavy atom. The molecule has 1 aromatic rings. The van der Waals surface area contributed by atoms with Crippen molar-refractivity contribution in [2.45, 2.75) is 65.4 Å². The molecule has 25 heavy (non-hydrogen) atoms. The maximum atomic E-state index is 12.0. The molecule has 136 valence electrons. The molecule has 0 fully saturated rings. The Bertz CT molecular complexity index is 708. The van der Waals surface area contributed by atoms with Gasteiger partial charge in [0.15, 0.2) is 6.29 Å². The second-order valence-corrected chi connectivity index (χ2v) is 8.03. The third-order valence-electron chi connectivity index (χ3n) is 5.80. The topological polar surface area (TPSA) is 59.4 Å². The van der Waals surface area contributed by atoms with Crippen LogP contribution in [0.25, 0.3) is 5.57 Å². The second-order valence-electron chi connectivity index (χ2n) is 8.03. The average Bonchev–Trinajstić information content (AvgIpc) is 2.60. The summed E-state index contributed by atoms with van der Waals surface area (Å²) in [6, 6.07) is 0. The molecule has 2 unspecified atom stereocenters. The molecule has 2 heterocycles. The van der Waals surface area contributed by atoms with Crippen LogP contribution in [0.2, 0.25) is 0 Å². The van der Waals surface area contributed by atoms with Crippen LogP contribution in [0, 0.1) is 5.41 Å². The Labute approximate surface area is 150 Å². The quantitative estimate of drug-likeness (QED) is 0.832. The number of carbonyl (C=O) groups excluding carboxylic acids is 1. The maximum absolute atomic E-state index is 12.0. The minimum Gasteiger partial charge on any atom is -0.388 e. The van der Waals surface area contributed by atoms with Gasteiger partial charge in [-0.1, -0.05) is 40.2 Å². The number of hydrogen-bond acceptors (Lipinski definition) is 4. The highest BCUT2D eigenvalue weighted by atomic mass is 16.5. The normalized spacial score (nSPS) is 26.3. The van der Waals surface area contributed by atoms with Gasteiger partial charge in [-0.25, -0.2) is 0 Å². The van der Waals surface area contributed by atoms with Crippen LogP contribution in [0.1, 0.15) is 91.9 Å². The van der Waals surface area contributed by atoms with E-state index in [1.807, 2.05) is 0 Å². The standard InChI is InChI=1S/C21H29NO3/c1-5-21(4)10-16-19(17(24)11-21)18(14-6-8-25-9-7-14)15(12-23)20(22-16)13(2)3/h6,12-13,17,24H,5,7-11H2,1-4H3. The molecular formula is C21H29NO3. The number of aliphatic hydroxyl groups excluding tert-OH is 1. The minimum atomic E-state index is -0.570. The zero-order valence-electron chi connectivity index (χ0n) is 15.8.